The van der Waals surface area contributed by atoms with Gasteiger partial charge in [0.05, 0.1) is 31.3 Å². The third-order valence-corrected chi connectivity index (χ3v) is 2.32. The second-order valence-electron chi connectivity index (χ2n) is 3.35. The van der Waals surface area contributed by atoms with Gasteiger partial charge in [0.2, 0.25) is 0 Å². The van der Waals surface area contributed by atoms with E-state index in [0.717, 1.165) is 11.4 Å². The molecule has 16 heavy (non-hydrogen) atoms. The fourth-order valence-corrected chi connectivity index (χ4v) is 1.47. The van der Waals surface area contributed by atoms with E-state index in [9.17, 15) is 0 Å². The van der Waals surface area contributed by atoms with Gasteiger partial charge in [0.1, 0.15) is 11.5 Å². The Morgan fingerprint density at radius 2 is 2.19 bits per heavy atom. The van der Waals surface area contributed by atoms with Crippen molar-refractivity contribution in [3.8, 4) is 5.75 Å². The van der Waals surface area contributed by atoms with Crippen molar-refractivity contribution >= 4 is 11.4 Å². The molecular formula is C12H14N2O2. The topological polar surface area (TPSA) is 60.4 Å². The van der Waals surface area contributed by atoms with Crippen LogP contribution in [-0.2, 0) is 6.54 Å². The lowest BCUT2D eigenvalue weighted by molar-refractivity contribution is 0.417. The molecule has 0 fully saturated rings. The average molecular weight is 218 g/mol. The summed E-state index contributed by atoms with van der Waals surface area (Å²) in [4.78, 5) is 0. The van der Waals surface area contributed by atoms with E-state index in [1.54, 1.807) is 13.4 Å². The van der Waals surface area contributed by atoms with Crippen LogP contribution in [0.25, 0.3) is 0 Å². The van der Waals surface area contributed by atoms with Gasteiger partial charge in [-0.1, -0.05) is 6.07 Å². The molecule has 2 aromatic rings. The van der Waals surface area contributed by atoms with Crippen molar-refractivity contribution in [1.29, 1.82) is 0 Å². The molecule has 3 N–H and O–H groups in total. The van der Waals surface area contributed by atoms with Crippen molar-refractivity contribution in [2.24, 2.45) is 0 Å². The first-order valence-electron chi connectivity index (χ1n) is 5.00. The predicted molar refractivity (Wildman–Crippen MR) is 63.4 cm³/mol. The second-order valence-corrected chi connectivity index (χ2v) is 3.35. The number of nitrogens with two attached hydrogens (primary N) is 1. The summed E-state index contributed by atoms with van der Waals surface area (Å²) >= 11 is 0. The third kappa shape index (κ3) is 2.11. The molecule has 0 radical (unpaired) electrons. The normalized spacial score (nSPS) is 10.1. The summed E-state index contributed by atoms with van der Waals surface area (Å²) in [6, 6.07) is 9.38. The number of nitrogen functional groups attached to an aromatic ring is 1. The molecule has 1 heterocycles. The first-order valence-corrected chi connectivity index (χ1v) is 5.00. The molecule has 4 heteroatoms. The van der Waals surface area contributed by atoms with Crippen LogP contribution in [0.1, 0.15) is 5.76 Å². The lowest BCUT2D eigenvalue weighted by Gasteiger charge is -2.10. The zero-order valence-electron chi connectivity index (χ0n) is 9.07. The minimum Gasteiger partial charge on any atom is -0.495 e. The number of methoxy groups -OCH3 is 1. The van der Waals surface area contributed by atoms with Crippen LogP contribution in [0.5, 0.6) is 5.75 Å². The fraction of sp³-hybridized carbons (Fsp3) is 0.167. The summed E-state index contributed by atoms with van der Waals surface area (Å²) in [5.41, 5.74) is 7.37. The average Bonchev–Trinajstić information content (AvgIpc) is 2.81. The largest absolute Gasteiger partial charge is 0.495 e. The summed E-state index contributed by atoms with van der Waals surface area (Å²) in [6.07, 6.45) is 1.64. The van der Waals surface area contributed by atoms with E-state index in [-0.39, 0.29) is 0 Å². The second kappa shape index (κ2) is 4.61. The quantitative estimate of drug-likeness (QED) is 0.774. The number of hydrogen-bond donors (Lipinski definition) is 2. The maximum absolute atomic E-state index is 5.92. The van der Waals surface area contributed by atoms with Crippen LogP contribution in [0, 0.1) is 0 Å². The lowest BCUT2D eigenvalue weighted by atomic mass is 10.2. The Morgan fingerprint density at radius 1 is 1.31 bits per heavy atom. The van der Waals surface area contributed by atoms with Gasteiger partial charge in [-0.25, -0.2) is 0 Å². The highest BCUT2D eigenvalue weighted by atomic mass is 16.5. The lowest BCUT2D eigenvalue weighted by Crippen LogP contribution is -2.02. The fourth-order valence-electron chi connectivity index (χ4n) is 1.47. The van der Waals surface area contributed by atoms with E-state index in [2.05, 4.69) is 5.32 Å². The smallest absolute Gasteiger partial charge is 0.143 e. The monoisotopic (exact) mass is 218 g/mol. The number of benzene rings is 1. The predicted octanol–water partition coefficient (Wildman–Crippen LogP) is 2.48. The standard InChI is InChI=1S/C12H14N2O2/c1-15-11-6-2-5-10(12(11)13)14-8-9-4-3-7-16-9/h2-7,14H,8,13H2,1H3. The minimum atomic E-state index is 0.602. The van der Waals surface area contributed by atoms with Gasteiger partial charge < -0.3 is 20.2 Å². The molecule has 0 aliphatic rings. The van der Waals surface area contributed by atoms with Gasteiger partial charge in [0, 0.05) is 0 Å². The maximum Gasteiger partial charge on any atom is 0.143 e. The van der Waals surface area contributed by atoms with Gasteiger partial charge in [0.15, 0.2) is 0 Å². The van der Waals surface area contributed by atoms with Crippen LogP contribution >= 0.6 is 0 Å². The molecule has 4 nitrogen and oxygen atoms in total. The summed E-state index contributed by atoms with van der Waals surface area (Å²) in [5, 5.41) is 3.19. The van der Waals surface area contributed by atoms with Crippen molar-refractivity contribution in [2.45, 2.75) is 6.54 Å². The Bertz CT molecular complexity index is 452. The van der Waals surface area contributed by atoms with E-state index in [4.69, 9.17) is 14.9 Å². The van der Waals surface area contributed by atoms with E-state index in [1.807, 2.05) is 30.3 Å². The highest BCUT2D eigenvalue weighted by Gasteiger charge is 2.04. The molecule has 0 amide bonds. The Balaban J connectivity index is 2.09. The third-order valence-electron chi connectivity index (χ3n) is 2.32. The molecule has 84 valence electrons. The summed E-state index contributed by atoms with van der Waals surface area (Å²) < 4.78 is 10.4. The molecule has 1 aromatic heterocycles. The van der Waals surface area contributed by atoms with Crippen molar-refractivity contribution in [3.63, 3.8) is 0 Å². The first-order chi connectivity index (χ1) is 7.81. The molecule has 2 rings (SSSR count). The van der Waals surface area contributed by atoms with Crippen LogP contribution in [0.4, 0.5) is 11.4 Å². The van der Waals surface area contributed by atoms with Crippen LogP contribution in [-0.4, -0.2) is 7.11 Å². The van der Waals surface area contributed by atoms with Crippen molar-refractivity contribution in [3.05, 3.63) is 42.4 Å². The van der Waals surface area contributed by atoms with E-state index >= 15 is 0 Å². The Morgan fingerprint density at radius 3 is 2.88 bits per heavy atom. The molecule has 0 atom stereocenters. The van der Waals surface area contributed by atoms with Gasteiger partial charge >= 0.3 is 0 Å². The highest BCUT2D eigenvalue weighted by molar-refractivity contribution is 5.72. The van der Waals surface area contributed by atoms with Gasteiger partial charge in [-0.2, -0.15) is 0 Å². The van der Waals surface area contributed by atoms with E-state index < -0.39 is 0 Å². The molecule has 0 spiro atoms. The molecule has 0 aliphatic heterocycles. The van der Waals surface area contributed by atoms with Crippen LogP contribution < -0.4 is 15.8 Å². The van der Waals surface area contributed by atoms with E-state index in [1.165, 1.54) is 0 Å². The summed E-state index contributed by atoms with van der Waals surface area (Å²) in [7, 11) is 1.60. The molecule has 0 bridgehead atoms. The molecule has 0 aliphatic carbocycles. The molecule has 1 aromatic carbocycles. The van der Waals surface area contributed by atoms with Crippen molar-refractivity contribution in [1.82, 2.24) is 0 Å². The SMILES string of the molecule is COc1cccc(NCc2ccco2)c1N. The number of anilines is 2. The highest BCUT2D eigenvalue weighted by Crippen LogP contribution is 2.29. The van der Waals surface area contributed by atoms with Crippen molar-refractivity contribution < 1.29 is 9.15 Å². The number of ether oxygens (including phenoxy) is 1. The van der Waals surface area contributed by atoms with Crippen LogP contribution in [0.2, 0.25) is 0 Å². The molecular weight excluding hydrogens is 204 g/mol. The summed E-state index contributed by atoms with van der Waals surface area (Å²) in [5.74, 6) is 1.53. The van der Waals surface area contributed by atoms with Crippen LogP contribution in [0.3, 0.4) is 0 Å². The molecule has 0 saturated carbocycles. The number of furan rings is 1. The van der Waals surface area contributed by atoms with E-state index in [0.29, 0.717) is 18.0 Å². The van der Waals surface area contributed by atoms with Crippen molar-refractivity contribution in [2.75, 3.05) is 18.2 Å². The maximum atomic E-state index is 5.92. The zero-order valence-corrected chi connectivity index (χ0v) is 9.07. The Kier molecular flexibility index (Phi) is 3.00. The minimum absolute atomic E-state index is 0.602. The number of para-hydroxylation sites is 1. The Labute approximate surface area is 94.0 Å². The van der Waals surface area contributed by atoms with Gasteiger partial charge in [-0.05, 0) is 24.3 Å². The molecule has 0 saturated heterocycles. The van der Waals surface area contributed by atoms with Crippen LogP contribution in [0.15, 0.2) is 41.0 Å². The summed E-state index contributed by atoms with van der Waals surface area (Å²) in [6.45, 7) is 0.602. The first kappa shape index (κ1) is 10.4. The number of rotatable bonds is 4. The number of nitrogens with one attached hydrogen (secondary N) is 1. The zero-order chi connectivity index (χ0) is 11.4. The number of hydrogen-bond acceptors (Lipinski definition) is 4. The molecule has 0 unspecified atom stereocenters. The van der Waals surface area contributed by atoms with Gasteiger partial charge in [-0.3, -0.25) is 0 Å². The Hall–Kier alpha value is -2.10. The van der Waals surface area contributed by atoms with Gasteiger partial charge in [0.25, 0.3) is 0 Å². The van der Waals surface area contributed by atoms with Gasteiger partial charge in [-0.15, -0.1) is 0 Å².